The minimum absolute atomic E-state index is 0.351. The number of ether oxygens (including phenoxy) is 2. The lowest BCUT2D eigenvalue weighted by atomic mass is 9.97. The summed E-state index contributed by atoms with van der Waals surface area (Å²) < 4.78 is 10.1. The molecule has 0 saturated carbocycles. The molecule has 3 heteroatoms. The molecule has 0 fully saturated rings. The molecule has 3 nitrogen and oxygen atoms in total. The Bertz CT molecular complexity index is 408. The third-order valence-corrected chi connectivity index (χ3v) is 2.55. The summed E-state index contributed by atoms with van der Waals surface area (Å²) in [4.78, 5) is 11.7. The third-order valence-electron chi connectivity index (χ3n) is 2.55. The number of hydrogen-bond donors (Lipinski definition) is 0. The van der Waals surface area contributed by atoms with Crippen molar-refractivity contribution in [3.05, 3.63) is 28.8 Å². The van der Waals surface area contributed by atoms with Gasteiger partial charge < -0.3 is 9.47 Å². The van der Waals surface area contributed by atoms with E-state index in [4.69, 9.17) is 9.47 Å². The van der Waals surface area contributed by atoms with Crippen LogP contribution in [0.3, 0.4) is 0 Å². The average molecular weight is 236 g/mol. The van der Waals surface area contributed by atoms with Gasteiger partial charge in [-0.25, -0.2) is 4.79 Å². The van der Waals surface area contributed by atoms with Gasteiger partial charge in [-0.3, -0.25) is 0 Å². The quantitative estimate of drug-likeness (QED) is 0.754. The molecule has 0 aliphatic heterocycles. The number of aryl methyl sites for hydroxylation is 1. The summed E-state index contributed by atoms with van der Waals surface area (Å²) in [7, 11) is 2.97. The molecular weight excluding hydrogens is 216 g/mol. The first-order valence-electron chi connectivity index (χ1n) is 5.75. The number of benzene rings is 1. The van der Waals surface area contributed by atoms with Gasteiger partial charge in [0.15, 0.2) is 0 Å². The molecule has 0 aromatic heterocycles. The summed E-state index contributed by atoms with van der Waals surface area (Å²) in [6.45, 7) is 6.24. The molecule has 17 heavy (non-hydrogen) atoms. The lowest BCUT2D eigenvalue weighted by molar-refractivity contribution is 0.0596. The number of carbonyl (C=O) groups is 1. The highest BCUT2D eigenvalue weighted by Gasteiger charge is 2.17. The topological polar surface area (TPSA) is 35.5 Å². The maximum absolute atomic E-state index is 11.7. The molecule has 0 amide bonds. The Kier molecular flexibility index (Phi) is 4.55. The van der Waals surface area contributed by atoms with Crippen molar-refractivity contribution >= 4 is 5.97 Å². The zero-order chi connectivity index (χ0) is 13.0. The van der Waals surface area contributed by atoms with Gasteiger partial charge in [0, 0.05) is 0 Å². The Morgan fingerprint density at radius 1 is 1.29 bits per heavy atom. The van der Waals surface area contributed by atoms with Gasteiger partial charge in [-0.1, -0.05) is 19.9 Å². The summed E-state index contributed by atoms with van der Waals surface area (Å²) in [5.41, 5.74) is 2.61. The molecular formula is C14H20O3. The van der Waals surface area contributed by atoms with Crippen LogP contribution >= 0.6 is 0 Å². The second kappa shape index (κ2) is 5.71. The monoisotopic (exact) mass is 236 g/mol. The Balaban J connectivity index is 3.29. The van der Waals surface area contributed by atoms with Crippen molar-refractivity contribution in [1.29, 1.82) is 0 Å². The van der Waals surface area contributed by atoms with Crippen molar-refractivity contribution in [1.82, 2.24) is 0 Å². The van der Waals surface area contributed by atoms with Crippen molar-refractivity contribution in [2.24, 2.45) is 5.92 Å². The fourth-order valence-corrected chi connectivity index (χ4v) is 1.94. The lowest BCUT2D eigenvalue weighted by Crippen LogP contribution is -2.08. The van der Waals surface area contributed by atoms with Gasteiger partial charge in [-0.15, -0.1) is 0 Å². The van der Waals surface area contributed by atoms with Crippen LogP contribution in [0.15, 0.2) is 12.1 Å². The molecule has 94 valence electrons. The molecule has 0 N–H and O–H groups in total. The highest BCUT2D eigenvalue weighted by Crippen LogP contribution is 2.28. The normalized spacial score (nSPS) is 10.5. The maximum Gasteiger partial charge on any atom is 0.341 e. The number of esters is 1. The van der Waals surface area contributed by atoms with Crippen LogP contribution in [0.25, 0.3) is 0 Å². The van der Waals surface area contributed by atoms with Crippen LogP contribution in [-0.2, 0) is 11.2 Å². The van der Waals surface area contributed by atoms with Gasteiger partial charge in [-0.05, 0) is 36.5 Å². The van der Waals surface area contributed by atoms with E-state index in [-0.39, 0.29) is 5.97 Å². The molecule has 0 atom stereocenters. The van der Waals surface area contributed by atoms with Crippen LogP contribution in [0.5, 0.6) is 5.75 Å². The molecule has 0 saturated heterocycles. The van der Waals surface area contributed by atoms with E-state index in [1.54, 1.807) is 13.2 Å². The van der Waals surface area contributed by atoms with E-state index in [2.05, 4.69) is 19.9 Å². The molecule has 0 heterocycles. The fraction of sp³-hybridized carbons (Fsp3) is 0.500. The van der Waals surface area contributed by atoms with Gasteiger partial charge in [0.25, 0.3) is 0 Å². The first-order chi connectivity index (χ1) is 7.99. The fourth-order valence-electron chi connectivity index (χ4n) is 1.94. The smallest absolute Gasteiger partial charge is 0.341 e. The van der Waals surface area contributed by atoms with Crippen molar-refractivity contribution < 1.29 is 14.3 Å². The van der Waals surface area contributed by atoms with Crippen LogP contribution in [0.4, 0.5) is 0 Å². The van der Waals surface area contributed by atoms with Gasteiger partial charge in [0.2, 0.25) is 0 Å². The second-order valence-electron chi connectivity index (χ2n) is 4.59. The summed E-state index contributed by atoms with van der Waals surface area (Å²) in [5, 5.41) is 0. The van der Waals surface area contributed by atoms with E-state index >= 15 is 0 Å². The SMILES string of the molecule is COC(=O)c1cc(C)cc(CC(C)C)c1OC. The van der Waals surface area contributed by atoms with E-state index in [1.807, 2.05) is 6.92 Å². The van der Waals surface area contributed by atoms with Crippen molar-refractivity contribution in [2.45, 2.75) is 27.2 Å². The van der Waals surface area contributed by atoms with Crippen LogP contribution in [0.1, 0.15) is 35.3 Å². The third kappa shape index (κ3) is 3.22. The zero-order valence-corrected chi connectivity index (χ0v) is 11.2. The second-order valence-corrected chi connectivity index (χ2v) is 4.59. The van der Waals surface area contributed by atoms with Crippen LogP contribution in [0, 0.1) is 12.8 Å². The number of hydrogen-bond acceptors (Lipinski definition) is 3. The molecule has 0 unspecified atom stereocenters. The van der Waals surface area contributed by atoms with Crippen molar-refractivity contribution in [3.63, 3.8) is 0 Å². The zero-order valence-electron chi connectivity index (χ0n) is 11.2. The van der Waals surface area contributed by atoms with E-state index in [9.17, 15) is 4.79 Å². The van der Waals surface area contributed by atoms with Crippen LogP contribution in [-0.4, -0.2) is 20.2 Å². The van der Waals surface area contributed by atoms with Crippen LogP contribution in [0.2, 0.25) is 0 Å². The minimum atomic E-state index is -0.351. The van der Waals surface area contributed by atoms with Crippen LogP contribution < -0.4 is 4.74 Å². The Morgan fingerprint density at radius 2 is 1.94 bits per heavy atom. The maximum atomic E-state index is 11.7. The number of rotatable bonds is 4. The molecule has 0 aliphatic rings. The first kappa shape index (κ1) is 13.6. The summed E-state index contributed by atoms with van der Waals surface area (Å²) in [6, 6.07) is 3.86. The molecule has 0 spiro atoms. The first-order valence-corrected chi connectivity index (χ1v) is 5.75. The predicted octanol–water partition coefficient (Wildman–Crippen LogP) is 2.99. The molecule has 1 rings (SSSR count). The Hall–Kier alpha value is -1.51. The standard InChI is InChI=1S/C14H20O3/c1-9(2)6-11-7-10(3)8-12(13(11)16-4)14(15)17-5/h7-9H,6H2,1-5H3. The van der Waals surface area contributed by atoms with Crippen molar-refractivity contribution in [3.8, 4) is 5.75 Å². The van der Waals surface area contributed by atoms with Gasteiger partial charge in [-0.2, -0.15) is 0 Å². The average Bonchev–Trinajstić information content (AvgIpc) is 2.26. The van der Waals surface area contributed by atoms with Gasteiger partial charge in [0.05, 0.1) is 14.2 Å². The van der Waals surface area contributed by atoms with E-state index in [0.29, 0.717) is 17.2 Å². The van der Waals surface area contributed by atoms with E-state index in [0.717, 1.165) is 17.5 Å². The molecule has 0 radical (unpaired) electrons. The predicted molar refractivity (Wildman–Crippen MR) is 67.6 cm³/mol. The Morgan fingerprint density at radius 3 is 2.41 bits per heavy atom. The largest absolute Gasteiger partial charge is 0.496 e. The van der Waals surface area contributed by atoms with E-state index in [1.165, 1.54) is 7.11 Å². The highest BCUT2D eigenvalue weighted by molar-refractivity contribution is 5.93. The van der Waals surface area contributed by atoms with Gasteiger partial charge in [0.1, 0.15) is 11.3 Å². The number of methoxy groups -OCH3 is 2. The van der Waals surface area contributed by atoms with Crippen molar-refractivity contribution in [2.75, 3.05) is 14.2 Å². The molecule has 0 bridgehead atoms. The molecule has 1 aromatic carbocycles. The summed E-state index contributed by atoms with van der Waals surface area (Å²) in [6.07, 6.45) is 0.884. The van der Waals surface area contributed by atoms with E-state index < -0.39 is 0 Å². The molecule has 0 aliphatic carbocycles. The number of carbonyl (C=O) groups excluding carboxylic acids is 1. The minimum Gasteiger partial charge on any atom is -0.496 e. The summed E-state index contributed by atoms with van der Waals surface area (Å²) >= 11 is 0. The lowest BCUT2D eigenvalue weighted by Gasteiger charge is -2.15. The molecule has 1 aromatic rings. The summed E-state index contributed by atoms with van der Waals surface area (Å²) in [5.74, 6) is 0.794. The van der Waals surface area contributed by atoms with Gasteiger partial charge >= 0.3 is 5.97 Å². The highest BCUT2D eigenvalue weighted by atomic mass is 16.5. The Labute approximate surface area is 103 Å².